The number of benzene rings is 2. The second-order valence-electron chi connectivity index (χ2n) is 8.88. The van der Waals surface area contributed by atoms with Crippen LogP contribution >= 0.6 is 11.3 Å². The zero-order chi connectivity index (χ0) is 21.2. The van der Waals surface area contributed by atoms with Gasteiger partial charge in [0.05, 0.1) is 10.2 Å². The Labute approximate surface area is 187 Å². The molecule has 4 unspecified atom stereocenters. The molecule has 0 spiro atoms. The Hall–Kier alpha value is -2.53. The van der Waals surface area contributed by atoms with Gasteiger partial charge in [-0.1, -0.05) is 55.3 Å². The lowest BCUT2D eigenvalue weighted by Gasteiger charge is -2.47. The number of fused-ring (bicyclic) bond motifs is 2. The van der Waals surface area contributed by atoms with Gasteiger partial charge in [0.15, 0.2) is 0 Å². The van der Waals surface area contributed by atoms with Gasteiger partial charge in [0, 0.05) is 30.8 Å². The van der Waals surface area contributed by atoms with Crippen LogP contribution in [0.2, 0.25) is 0 Å². The summed E-state index contributed by atoms with van der Waals surface area (Å²) >= 11 is 1.69. The maximum Gasteiger partial charge on any atom is 0.223 e. The van der Waals surface area contributed by atoms with Crippen LogP contribution in [0.5, 0.6) is 0 Å². The highest BCUT2D eigenvalue weighted by molar-refractivity contribution is 7.18. The molecule has 0 N–H and O–H groups in total. The van der Waals surface area contributed by atoms with Gasteiger partial charge in [-0.3, -0.25) is 4.79 Å². The summed E-state index contributed by atoms with van der Waals surface area (Å²) in [4.78, 5) is 32.2. The number of rotatable bonds is 5. The van der Waals surface area contributed by atoms with Crippen molar-refractivity contribution >= 4 is 33.7 Å². The molecule has 1 saturated carbocycles. The van der Waals surface area contributed by atoms with E-state index >= 15 is 0 Å². The number of carbonyl (C=O) groups is 2. The normalized spacial score (nSPS) is 24.5. The third-order valence-electron chi connectivity index (χ3n) is 7.12. The molecule has 3 aromatic rings. The van der Waals surface area contributed by atoms with Crippen molar-refractivity contribution < 1.29 is 9.59 Å². The van der Waals surface area contributed by atoms with Gasteiger partial charge in [-0.2, -0.15) is 0 Å². The fourth-order valence-electron chi connectivity index (χ4n) is 5.54. The summed E-state index contributed by atoms with van der Waals surface area (Å²) in [7, 11) is 0. The molecule has 4 atom stereocenters. The Kier molecular flexibility index (Phi) is 5.86. The SMILES string of the molecule is O=CC1CCN(C(=O)CC(c2ccccc2)c2nc3ccccc3s2)C2CCCCC12. The number of piperidine rings is 1. The molecule has 2 aromatic carbocycles. The van der Waals surface area contributed by atoms with Crippen LogP contribution in [0.1, 0.15) is 55.0 Å². The Morgan fingerprint density at radius 3 is 2.65 bits per heavy atom. The molecule has 0 radical (unpaired) electrons. The Morgan fingerprint density at radius 2 is 1.84 bits per heavy atom. The molecular formula is C26H28N2O2S. The van der Waals surface area contributed by atoms with E-state index in [1.54, 1.807) is 11.3 Å². The van der Waals surface area contributed by atoms with E-state index in [4.69, 9.17) is 4.98 Å². The van der Waals surface area contributed by atoms with E-state index < -0.39 is 0 Å². The molecule has 1 amide bonds. The third kappa shape index (κ3) is 4.03. The molecule has 2 heterocycles. The zero-order valence-electron chi connectivity index (χ0n) is 17.7. The second-order valence-corrected chi connectivity index (χ2v) is 9.94. The predicted molar refractivity (Wildman–Crippen MR) is 124 cm³/mol. The highest BCUT2D eigenvalue weighted by Gasteiger charge is 2.41. The lowest BCUT2D eigenvalue weighted by molar-refractivity contribution is -0.141. The summed E-state index contributed by atoms with van der Waals surface area (Å²) in [6.45, 7) is 0.699. The van der Waals surface area contributed by atoms with Crippen LogP contribution in [0.15, 0.2) is 54.6 Å². The summed E-state index contributed by atoms with van der Waals surface area (Å²) in [5, 5.41) is 1.00. The molecule has 5 rings (SSSR count). The molecule has 2 aliphatic rings. The molecule has 1 aliphatic carbocycles. The fraction of sp³-hybridized carbons (Fsp3) is 0.423. The summed E-state index contributed by atoms with van der Waals surface area (Å²) < 4.78 is 1.16. The van der Waals surface area contributed by atoms with Crippen LogP contribution in [0.25, 0.3) is 10.2 Å². The number of carbonyl (C=O) groups excluding carboxylic acids is 2. The summed E-state index contributed by atoms with van der Waals surface area (Å²) in [5.74, 6) is 0.608. The van der Waals surface area contributed by atoms with Crippen molar-refractivity contribution in [3.63, 3.8) is 0 Å². The van der Waals surface area contributed by atoms with Gasteiger partial charge in [0.25, 0.3) is 0 Å². The molecule has 1 saturated heterocycles. The number of hydrogen-bond donors (Lipinski definition) is 0. The minimum absolute atomic E-state index is 0.0445. The van der Waals surface area contributed by atoms with Crippen molar-refractivity contribution in [2.45, 2.75) is 50.5 Å². The van der Waals surface area contributed by atoms with Gasteiger partial charge < -0.3 is 9.69 Å². The van der Waals surface area contributed by atoms with E-state index in [1.807, 2.05) is 36.4 Å². The Bertz CT molecular complexity index is 1030. The Morgan fingerprint density at radius 1 is 1.06 bits per heavy atom. The van der Waals surface area contributed by atoms with Crippen LogP contribution < -0.4 is 0 Å². The summed E-state index contributed by atoms with van der Waals surface area (Å²) in [6, 6.07) is 18.7. The van der Waals surface area contributed by atoms with Gasteiger partial charge in [-0.15, -0.1) is 11.3 Å². The molecule has 1 aromatic heterocycles. The predicted octanol–water partition coefficient (Wildman–Crippen LogP) is 5.42. The van der Waals surface area contributed by atoms with E-state index in [9.17, 15) is 9.59 Å². The van der Waals surface area contributed by atoms with Crippen molar-refractivity contribution in [3.05, 3.63) is 65.2 Å². The average Bonchev–Trinajstić information content (AvgIpc) is 3.26. The molecular weight excluding hydrogens is 404 g/mol. The second kappa shape index (κ2) is 8.91. The first-order chi connectivity index (χ1) is 15.2. The number of thiazole rings is 1. The standard InChI is InChI=1S/C26H28N2O2S/c29-17-19-14-15-28(23-12-6-4-10-20(19)23)25(30)16-21(18-8-2-1-3-9-18)26-27-22-11-5-7-13-24(22)31-26/h1-3,5,7-9,11,13,17,19-21,23H,4,6,10,12,14-16H2. The highest BCUT2D eigenvalue weighted by atomic mass is 32.1. The van der Waals surface area contributed by atoms with E-state index in [0.29, 0.717) is 18.9 Å². The zero-order valence-corrected chi connectivity index (χ0v) is 18.5. The molecule has 1 aliphatic heterocycles. The first-order valence-electron chi connectivity index (χ1n) is 11.4. The van der Waals surface area contributed by atoms with E-state index in [1.165, 1.54) is 6.42 Å². The minimum atomic E-state index is -0.0445. The monoisotopic (exact) mass is 432 g/mol. The van der Waals surface area contributed by atoms with Crippen molar-refractivity contribution in [1.29, 1.82) is 0 Å². The van der Waals surface area contributed by atoms with Gasteiger partial charge in [-0.05, 0) is 42.9 Å². The van der Waals surface area contributed by atoms with Gasteiger partial charge in [0.1, 0.15) is 11.3 Å². The van der Waals surface area contributed by atoms with Crippen LogP contribution in [-0.4, -0.2) is 34.7 Å². The number of likely N-dealkylation sites (tertiary alicyclic amines) is 1. The number of nitrogens with zero attached hydrogens (tertiary/aromatic N) is 2. The summed E-state index contributed by atoms with van der Waals surface area (Å²) in [6.07, 6.45) is 6.78. The van der Waals surface area contributed by atoms with Crippen molar-refractivity contribution in [1.82, 2.24) is 9.88 Å². The van der Waals surface area contributed by atoms with Crippen molar-refractivity contribution in [2.75, 3.05) is 6.54 Å². The first kappa shape index (κ1) is 20.4. The number of hydrogen-bond acceptors (Lipinski definition) is 4. The molecule has 5 heteroatoms. The van der Waals surface area contributed by atoms with E-state index in [0.717, 1.165) is 52.8 Å². The van der Waals surface area contributed by atoms with Crippen LogP contribution in [0.3, 0.4) is 0 Å². The smallest absolute Gasteiger partial charge is 0.223 e. The molecule has 4 nitrogen and oxygen atoms in total. The maximum atomic E-state index is 13.6. The third-order valence-corrected chi connectivity index (χ3v) is 8.27. The summed E-state index contributed by atoms with van der Waals surface area (Å²) in [5.41, 5.74) is 2.13. The number of aldehydes is 1. The van der Waals surface area contributed by atoms with Gasteiger partial charge in [-0.25, -0.2) is 4.98 Å². The van der Waals surface area contributed by atoms with Crippen LogP contribution in [0.4, 0.5) is 0 Å². The van der Waals surface area contributed by atoms with Gasteiger partial charge >= 0.3 is 0 Å². The molecule has 2 fully saturated rings. The highest BCUT2D eigenvalue weighted by Crippen LogP contribution is 2.40. The minimum Gasteiger partial charge on any atom is -0.339 e. The number of amides is 1. The van der Waals surface area contributed by atoms with Crippen molar-refractivity contribution in [2.24, 2.45) is 11.8 Å². The fourth-order valence-corrected chi connectivity index (χ4v) is 6.63. The van der Waals surface area contributed by atoms with E-state index in [-0.39, 0.29) is 23.8 Å². The molecule has 0 bridgehead atoms. The van der Waals surface area contributed by atoms with Gasteiger partial charge in [0.2, 0.25) is 5.91 Å². The average molecular weight is 433 g/mol. The topological polar surface area (TPSA) is 50.3 Å². The Balaban J connectivity index is 1.44. The lowest BCUT2D eigenvalue weighted by Crippen LogP contribution is -2.53. The maximum absolute atomic E-state index is 13.6. The van der Waals surface area contributed by atoms with Crippen LogP contribution in [0, 0.1) is 11.8 Å². The lowest BCUT2D eigenvalue weighted by atomic mass is 9.72. The molecule has 160 valence electrons. The number of aromatic nitrogens is 1. The molecule has 31 heavy (non-hydrogen) atoms. The first-order valence-corrected chi connectivity index (χ1v) is 12.2. The van der Waals surface area contributed by atoms with E-state index in [2.05, 4.69) is 23.1 Å². The largest absolute Gasteiger partial charge is 0.339 e. The van der Waals surface area contributed by atoms with Crippen molar-refractivity contribution in [3.8, 4) is 0 Å². The quantitative estimate of drug-likeness (QED) is 0.506. The number of para-hydroxylation sites is 1. The van der Waals surface area contributed by atoms with Crippen LogP contribution in [-0.2, 0) is 9.59 Å².